The zero-order valence-electron chi connectivity index (χ0n) is 18.4. The van der Waals surface area contributed by atoms with E-state index in [1.165, 1.54) is 0 Å². The number of unbranched alkanes of at least 4 members (excludes halogenated alkanes) is 1. The number of ether oxygens (including phenoxy) is 1. The van der Waals surface area contributed by atoms with E-state index < -0.39 is 17.7 Å². The standard InChI is InChI=1S/C26H28N2O4/c1-3-5-13-28-23(20-16-27-21-12-7-6-11-19(20)21)22(25(30)26(28)31)24(29)17-9-8-10-18(15-17)32-14-4-2/h6-12,15-16,23,27,29H,3-5,13-14H2,1-2H3/b24-22+. The van der Waals surface area contributed by atoms with Crippen LogP contribution in [0, 0.1) is 0 Å². The molecule has 0 radical (unpaired) electrons. The fourth-order valence-corrected chi connectivity index (χ4v) is 4.19. The third kappa shape index (κ3) is 3.88. The Morgan fingerprint density at radius 1 is 1.09 bits per heavy atom. The number of carbonyl (C=O) groups is 2. The van der Waals surface area contributed by atoms with E-state index in [1.54, 1.807) is 23.1 Å². The average Bonchev–Trinajstić information content (AvgIpc) is 3.35. The number of carbonyl (C=O) groups excluding carboxylic acids is 2. The molecule has 1 aromatic heterocycles. The summed E-state index contributed by atoms with van der Waals surface area (Å²) in [5.74, 6) is -0.804. The van der Waals surface area contributed by atoms with Gasteiger partial charge in [-0.15, -0.1) is 0 Å². The van der Waals surface area contributed by atoms with Gasteiger partial charge in [-0.2, -0.15) is 0 Å². The molecule has 166 valence electrons. The second-order valence-electron chi connectivity index (χ2n) is 8.01. The number of amides is 1. The number of Topliss-reactive ketones (excluding diaryl/α,β-unsaturated/α-hetero) is 1. The number of aliphatic hydroxyl groups is 1. The zero-order valence-corrected chi connectivity index (χ0v) is 18.4. The number of hydrogen-bond donors (Lipinski definition) is 2. The molecule has 2 N–H and O–H groups in total. The second-order valence-corrected chi connectivity index (χ2v) is 8.01. The summed E-state index contributed by atoms with van der Waals surface area (Å²) >= 11 is 0. The predicted octanol–water partition coefficient (Wildman–Crippen LogP) is 5.18. The lowest BCUT2D eigenvalue weighted by Crippen LogP contribution is -2.30. The number of nitrogens with one attached hydrogen (secondary N) is 1. The molecule has 32 heavy (non-hydrogen) atoms. The highest BCUT2D eigenvalue weighted by Gasteiger charge is 2.46. The van der Waals surface area contributed by atoms with Crippen molar-refractivity contribution in [2.45, 2.75) is 39.2 Å². The molecule has 0 bridgehead atoms. The molecule has 0 saturated carbocycles. The van der Waals surface area contributed by atoms with Gasteiger partial charge in [0.05, 0.1) is 18.2 Å². The molecule has 1 amide bonds. The lowest BCUT2D eigenvalue weighted by Gasteiger charge is -2.24. The molecule has 1 fully saturated rings. The number of rotatable bonds is 8. The van der Waals surface area contributed by atoms with E-state index in [-0.39, 0.29) is 11.3 Å². The topological polar surface area (TPSA) is 82.6 Å². The van der Waals surface area contributed by atoms with Gasteiger partial charge < -0.3 is 19.7 Å². The minimum absolute atomic E-state index is 0.114. The maximum atomic E-state index is 13.1. The highest BCUT2D eigenvalue weighted by Crippen LogP contribution is 2.42. The maximum Gasteiger partial charge on any atom is 0.295 e. The monoisotopic (exact) mass is 432 g/mol. The van der Waals surface area contributed by atoms with Crippen LogP contribution in [0.5, 0.6) is 5.75 Å². The first-order chi connectivity index (χ1) is 15.6. The minimum Gasteiger partial charge on any atom is -0.507 e. The van der Waals surface area contributed by atoms with Gasteiger partial charge >= 0.3 is 0 Å². The van der Waals surface area contributed by atoms with Gasteiger partial charge in [-0.25, -0.2) is 0 Å². The summed E-state index contributed by atoms with van der Waals surface area (Å²) in [7, 11) is 0. The Morgan fingerprint density at radius 3 is 2.69 bits per heavy atom. The largest absolute Gasteiger partial charge is 0.507 e. The molecule has 1 aliphatic heterocycles. The number of H-pyrrole nitrogens is 1. The van der Waals surface area contributed by atoms with Gasteiger partial charge in [-0.3, -0.25) is 9.59 Å². The van der Waals surface area contributed by atoms with Crippen LogP contribution < -0.4 is 4.74 Å². The van der Waals surface area contributed by atoms with Crippen LogP contribution in [-0.2, 0) is 9.59 Å². The van der Waals surface area contributed by atoms with E-state index in [9.17, 15) is 14.7 Å². The Morgan fingerprint density at radius 2 is 1.91 bits per heavy atom. The zero-order chi connectivity index (χ0) is 22.7. The molecule has 0 spiro atoms. The summed E-state index contributed by atoms with van der Waals surface area (Å²) in [6.45, 7) is 5.06. The van der Waals surface area contributed by atoms with Crippen LogP contribution in [-0.4, -0.2) is 39.8 Å². The molecule has 1 aliphatic rings. The van der Waals surface area contributed by atoms with Gasteiger partial charge in [0, 0.05) is 34.8 Å². The van der Waals surface area contributed by atoms with Crippen molar-refractivity contribution in [2.75, 3.05) is 13.2 Å². The van der Waals surface area contributed by atoms with Crippen LogP contribution >= 0.6 is 0 Å². The van der Waals surface area contributed by atoms with Crippen molar-refractivity contribution in [1.82, 2.24) is 9.88 Å². The highest BCUT2D eigenvalue weighted by atomic mass is 16.5. The van der Waals surface area contributed by atoms with Crippen LogP contribution in [0.3, 0.4) is 0 Å². The Labute approximate surface area is 187 Å². The Kier molecular flexibility index (Phi) is 6.30. The number of nitrogens with zero attached hydrogens (tertiary/aromatic N) is 1. The first-order valence-corrected chi connectivity index (χ1v) is 11.1. The molecule has 1 saturated heterocycles. The number of hydrogen-bond acceptors (Lipinski definition) is 4. The SMILES string of the molecule is CCCCN1C(=O)C(=O)/C(=C(/O)c2cccc(OCCC)c2)C1c1c[nH]c2ccccc12. The van der Waals surface area contributed by atoms with E-state index in [1.807, 2.05) is 50.4 Å². The number of benzene rings is 2. The molecular formula is C26H28N2O4. The molecular weight excluding hydrogens is 404 g/mol. The molecule has 4 rings (SSSR count). The number of aliphatic hydroxyl groups excluding tert-OH is 1. The summed E-state index contributed by atoms with van der Waals surface area (Å²) in [4.78, 5) is 31.0. The third-order valence-corrected chi connectivity index (χ3v) is 5.79. The molecule has 0 aliphatic carbocycles. The maximum absolute atomic E-state index is 13.1. The van der Waals surface area contributed by atoms with E-state index >= 15 is 0 Å². The number of aromatic nitrogens is 1. The van der Waals surface area contributed by atoms with E-state index in [2.05, 4.69) is 4.98 Å². The lowest BCUT2D eigenvalue weighted by atomic mass is 9.95. The third-order valence-electron chi connectivity index (χ3n) is 5.79. The molecule has 6 nitrogen and oxygen atoms in total. The van der Waals surface area contributed by atoms with Crippen LogP contribution in [0.2, 0.25) is 0 Å². The highest BCUT2D eigenvalue weighted by molar-refractivity contribution is 6.46. The van der Waals surface area contributed by atoms with E-state index in [4.69, 9.17) is 4.74 Å². The molecule has 3 aromatic rings. The normalized spacial score (nSPS) is 17.9. The van der Waals surface area contributed by atoms with Crippen molar-refractivity contribution in [2.24, 2.45) is 0 Å². The van der Waals surface area contributed by atoms with E-state index in [0.29, 0.717) is 24.5 Å². The lowest BCUT2D eigenvalue weighted by molar-refractivity contribution is -0.139. The molecule has 6 heteroatoms. The number of fused-ring (bicyclic) bond motifs is 1. The van der Waals surface area contributed by atoms with Gasteiger partial charge in [-0.1, -0.05) is 50.6 Å². The van der Waals surface area contributed by atoms with Crippen molar-refractivity contribution < 1.29 is 19.4 Å². The average molecular weight is 433 g/mol. The quantitative estimate of drug-likeness (QED) is 0.292. The van der Waals surface area contributed by atoms with Crippen molar-refractivity contribution in [3.05, 3.63) is 71.4 Å². The Balaban J connectivity index is 1.86. The van der Waals surface area contributed by atoms with Crippen LogP contribution in [0.15, 0.2) is 60.3 Å². The minimum atomic E-state index is -0.659. The second kappa shape index (κ2) is 9.30. The van der Waals surface area contributed by atoms with Gasteiger partial charge in [0.1, 0.15) is 11.5 Å². The van der Waals surface area contributed by atoms with Crippen molar-refractivity contribution in [3.63, 3.8) is 0 Å². The molecule has 1 unspecified atom stereocenters. The van der Waals surface area contributed by atoms with Crippen molar-refractivity contribution in [1.29, 1.82) is 0 Å². The van der Waals surface area contributed by atoms with Crippen LogP contribution in [0.1, 0.15) is 50.3 Å². The molecule has 2 heterocycles. The fourth-order valence-electron chi connectivity index (χ4n) is 4.19. The number of ketones is 1. The first kappa shape index (κ1) is 21.7. The number of para-hydroxylation sites is 1. The Bertz CT molecular complexity index is 1180. The van der Waals surface area contributed by atoms with Gasteiger partial charge in [0.15, 0.2) is 0 Å². The van der Waals surface area contributed by atoms with Crippen LogP contribution in [0.4, 0.5) is 0 Å². The molecule has 1 atom stereocenters. The van der Waals surface area contributed by atoms with Crippen molar-refractivity contribution in [3.8, 4) is 5.75 Å². The summed E-state index contributed by atoms with van der Waals surface area (Å²) in [6, 6.07) is 14.1. The summed E-state index contributed by atoms with van der Waals surface area (Å²) in [6.07, 6.45) is 4.35. The first-order valence-electron chi connectivity index (χ1n) is 11.1. The van der Waals surface area contributed by atoms with E-state index in [0.717, 1.165) is 35.7 Å². The number of aromatic amines is 1. The summed E-state index contributed by atoms with van der Waals surface area (Å²) < 4.78 is 5.69. The van der Waals surface area contributed by atoms with Gasteiger partial charge in [0.25, 0.3) is 11.7 Å². The van der Waals surface area contributed by atoms with Gasteiger partial charge in [-0.05, 0) is 31.0 Å². The predicted molar refractivity (Wildman–Crippen MR) is 124 cm³/mol. The smallest absolute Gasteiger partial charge is 0.295 e. The summed E-state index contributed by atoms with van der Waals surface area (Å²) in [5.41, 5.74) is 2.29. The van der Waals surface area contributed by atoms with Crippen molar-refractivity contribution >= 4 is 28.4 Å². The Hall–Kier alpha value is -3.54. The van der Waals surface area contributed by atoms with Crippen LogP contribution in [0.25, 0.3) is 16.7 Å². The number of likely N-dealkylation sites (tertiary alicyclic amines) is 1. The summed E-state index contributed by atoms with van der Waals surface area (Å²) in [5, 5.41) is 12.2. The fraction of sp³-hybridized carbons (Fsp3) is 0.308. The van der Waals surface area contributed by atoms with Gasteiger partial charge in [0.2, 0.25) is 0 Å². The molecule has 2 aromatic carbocycles.